The number of hydrogen-bond donors (Lipinski definition) is 1. The maximum atomic E-state index is 12.3. The largest absolute Gasteiger partial charge is 0.370 e. The van der Waals surface area contributed by atoms with E-state index in [-0.39, 0.29) is 48.5 Å². The Hall–Kier alpha value is -1.65. The number of imide groups is 1. The highest BCUT2D eigenvalue weighted by Gasteiger charge is 2.56. The Kier molecular flexibility index (Phi) is 2.50. The highest BCUT2D eigenvalue weighted by atomic mass is 16.2. The van der Waals surface area contributed by atoms with Crippen LogP contribution in [0, 0.1) is 23.7 Å². The first-order chi connectivity index (χ1) is 8.59. The lowest BCUT2D eigenvalue weighted by atomic mass is 9.63. The van der Waals surface area contributed by atoms with Crippen LogP contribution in [0.5, 0.6) is 0 Å². The van der Waals surface area contributed by atoms with Crippen molar-refractivity contribution >= 4 is 17.7 Å². The zero-order valence-corrected chi connectivity index (χ0v) is 10.0. The summed E-state index contributed by atoms with van der Waals surface area (Å²) in [6, 6.07) is 0. The van der Waals surface area contributed by atoms with E-state index in [1.165, 1.54) is 4.90 Å². The van der Waals surface area contributed by atoms with Gasteiger partial charge in [0, 0.05) is 13.0 Å². The van der Waals surface area contributed by atoms with Crippen molar-refractivity contribution in [2.75, 3.05) is 6.54 Å². The van der Waals surface area contributed by atoms with Crippen molar-refractivity contribution in [1.82, 2.24) is 4.90 Å². The molecule has 5 nitrogen and oxygen atoms in total. The van der Waals surface area contributed by atoms with Crippen LogP contribution in [0.15, 0.2) is 12.2 Å². The van der Waals surface area contributed by atoms with Crippen molar-refractivity contribution in [3.63, 3.8) is 0 Å². The second-order valence-corrected chi connectivity index (χ2v) is 5.39. The molecule has 4 atom stereocenters. The maximum absolute atomic E-state index is 12.3. The number of primary amides is 1. The minimum Gasteiger partial charge on any atom is -0.370 e. The lowest BCUT2D eigenvalue weighted by molar-refractivity contribution is -0.140. The van der Waals surface area contributed by atoms with Gasteiger partial charge in [-0.05, 0) is 24.7 Å². The van der Waals surface area contributed by atoms with E-state index in [1.807, 2.05) is 0 Å². The predicted octanol–water partition coefficient (Wildman–Crippen LogP) is 0.0590. The third-order valence-electron chi connectivity index (χ3n) is 4.43. The average molecular weight is 248 g/mol. The van der Waals surface area contributed by atoms with E-state index in [0.717, 1.165) is 12.8 Å². The van der Waals surface area contributed by atoms with Crippen LogP contribution in [0.3, 0.4) is 0 Å². The highest BCUT2D eigenvalue weighted by molar-refractivity contribution is 6.06. The number of allylic oxidation sites excluding steroid dienone is 2. The van der Waals surface area contributed by atoms with Gasteiger partial charge in [-0.25, -0.2) is 0 Å². The van der Waals surface area contributed by atoms with Gasteiger partial charge in [0.1, 0.15) is 0 Å². The van der Waals surface area contributed by atoms with Crippen molar-refractivity contribution in [3.05, 3.63) is 12.2 Å². The molecule has 18 heavy (non-hydrogen) atoms. The summed E-state index contributed by atoms with van der Waals surface area (Å²) in [7, 11) is 0. The van der Waals surface area contributed by atoms with Crippen molar-refractivity contribution < 1.29 is 14.4 Å². The van der Waals surface area contributed by atoms with Gasteiger partial charge in [0.05, 0.1) is 11.8 Å². The normalized spacial score (nSPS) is 37.2. The van der Waals surface area contributed by atoms with Crippen molar-refractivity contribution in [2.24, 2.45) is 29.4 Å². The fourth-order valence-corrected chi connectivity index (χ4v) is 3.58. The van der Waals surface area contributed by atoms with Gasteiger partial charge in [-0.1, -0.05) is 12.2 Å². The molecule has 96 valence electrons. The number of rotatable bonds is 3. The van der Waals surface area contributed by atoms with Gasteiger partial charge in [0.25, 0.3) is 0 Å². The predicted molar refractivity (Wildman–Crippen MR) is 62.9 cm³/mol. The summed E-state index contributed by atoms with van der Waals surface area (Å²) in [6.45, 7) is 0.138. The lowest BCUT2D eigenvalue weighted by Gasteiger charge is -2.38. The fraction of sp³-hybridized carbons (Fsp3) is 0.615. The SMILES string of the molecule is NC(=O)CCN1C(=O)[C@@H]2[C@@H](C1=O)[C@H]1C=C[C@H]2CC1. The number of nitrogens with two attached hydrogens (primary N) is 1. The zero-order chi connectivity index (χ0) is 12.9. The van der Waals surface area contributed by atoms with Crippen LogP contribution in [0.25, 0.3) is 0 Å². The van der Waals surface area contributed by atoms with E-state index in [4.69, 9.17) is 5.73 Å². The molecule has 2 fully saturated rings. The van der Waals surface area contributed by atoms with Crippen LogP contribution in [0.4, 0.5) is 0 Å². The first kappa shape index (κ1) is 11.4. The van der Waals surface area contributed by atoms with E-state index >= 15 is 0 Å². The van der Waals surface area contributed by atoms with Crippen molar-refractivity contribution in [1.29, 1.82) is 0 Å². The summed E-state index contributed by atoms with van der Waals surface area (Å²) < 4.78 is 0. The van der Waals surface area contributed by atoms with Crippen LogP contribution in [0.2, 0.25) is 0 Å². The third-order valence-corrected chi connectivity index (χ3v) is 4.43. The first-order valence-corrected chi connectivity index (χ1v) is 6.41. The van der Waals surface area contributed by atoms with Crippen LogP contribution >= 0.6 is 0 Å². The molecule has 1 heterocycles. The molecule has 2 N–H and O–H groups in total. The minimum atomic E-state index is -0.480. The molecule has 0 unspecified atom stereocenters. The van der Waals surface area contributed by atoms with Gasteiger partial charge < -0.3 is 5.73 Å². The van der Waals surface area contributed by atoms with Crippen LogP contribution in [-0.4, -0.2) is 29.2 Å². The number of hydrogen-bond acceptors (Lipinski definition) is 3. The molecule has 1 aliphatic heterocycles. The minimum absolute atomic E-state index is 0.0552. The standard InChI is InChI=1S/C13H16N2O3/c14-9(16)5-6-15-12(17)10-7-1-2-8(4-3-7)11(10)13(15)18/h1-2,7-8,10-11H,3-6H2,(H2,14,16)/t7-,8-,10-,11-/m0/s1. The number of carbonyl (C=O) groups is 3. The Labute approximate surface area is 105 Å². The monoisotopic (exact) mass is 248 g/mol. The van der Waals surface area contributed by atoms with Crippen LogP contribution in [0.1, 0.15) is 19.3 Å². The van der Waals surface area contributed by atoms with Gasteiger partial charge in [-0.2, -0.15) is 0 Å². The van der Waals surface area contributed by atoms with Gasteiger partial charge >= 0.3 is 0 Å². The van der Waals surface area contributed by atoms with Gasteiger partial charge in [-0.3, -0.25) is 19.3 Å². The van der Waals surface area contributed by atoms with Gasteiger partial charge in [0.15, 0.2) is 0 Å². The highest BCUT2D eigenvalue weighted by Crippen LogP contribution is 2.49. The second-order valence-electron chi connectivity index (χ2n) is 5.39. The molecule has 1 saturated carbocycles. The number of nitrogens with zero attached hydrogens (tertiary/aromatic N) is 1. The van der Waals surface area contributed by atoms with Crippen LogP contribution < -0.4 is 5.73 Å². The number of fused-ring (bicyclic) bond motifs is 1. The van der Waals surface area contributed by atoms with E-state index in [0.29, 0.717) is 0 Å². The molecule has 5 heteroatoms. The molecule has 0 aromatic carbocycles. The van der Waals surface area contributed by atoms with E-state index in [1.54, 1.807) is 0 Å². The zero-order valence-electron chi connectivity index (χ0n) is 10.0. The molecule has 3 aliphatic carbocycles. The first-order valence-electron chi connectivity index (χ1n) is 6.41. The molecular formula is C13H16N2O3. The van der Waals surface area contributed by atoms with E-state index < -0.39 is 5.91 Å². The second kappa shape index (κ2) is 3.93. The van der Waals surface area contributed by atoms with Gasteiger partial charge in [0.2, 0.25) is 17.7 Å². The topological polar surface area (TPSA) is 80.5 Å². The Bertz CT molecular complexity index is 425. The number of amides is 3. The molecule has 4 rings (SSSR count). The average Bonchev–Trinajstić information content (AvgIpc) is 2.63. The number of likely N-dealkylation sites (tertiary alicyclic amines) is 1. The molecule has 4 aliphatic rings. The quantitative estimate of drug-likeness (QED) is 0.566. The third kappa shape index (κ3) is 1.50. The molecular weight excluding hydrogens is 232 g/mol. The maximum Gasteiger partial charge on any atom is 0.233 e. The summed E-state index contributed by atoms with van der Waals surface area (Å²) in [4.78, 5) is 36.6. The van der Waals surface area contributed by atoms with E-state index in [9.17, 15) is 14.4 Å². The summed E-state index contributed by atoms with van der Waals surface area (Å²) in [5.74, 6) is -0.657. The summed E-state index contributed by atoms with van der Waals surface area (Å²) >= 11 is 0. The smallest absolute Gasteiger partial charge is 0.233 e. The molecule has 0 spiro atoms. The molecule has 0 radical (unpaired) electrons. The molecule has 2 bridgehead atoms. The van der Waals surface area contributed by atoms with Gasteiger partial charge in [-0.15, -0.1) is 0 Å². The van der Waals surface area contributed by atoms with Crippen LogP contribution in [-0.2, 0) is 14.4 Å². The summed E-state index contributed by atoms with van der Waals surface area (Å²) in [5, 5.41) is 0. The Morgan fingerprint density at radius 3 is 2.06 bits per heavy atom. The van der Waals surface area contributed by atoms with E-state index in [2.05, 4.69) is 12.2 Å². The molecule has 0 aromatic rings. The number of carbonyl (C=O) groups excluding carboxylic acids is 3. The summed E-state index contributed by atoms with van der Waals surface area (Å²) in [5.41, 5.74) is 5.07. The molecule has 3 amide bonds. The lowest BCUT2D eigenvalue weighted by Crippen LogP contribution is -2.38. The summed E-state index contributed by atoms with van der Waals surface area (Å²) in [6.07, 6.45) is 6.20. The fourth-order valence-electron chi connectivity index (χ4n) is 3.58. The Morgan fingerprint density at radius 1 is 1.17 bits per heavy atom. The molecule has 1 saturated heterocycles. The Balaban J connectivity index is 1.83. The Morgan fingerprint density at radius 2 is 1.67 bits per heavy atom. The van der Waals surface area contributed by atoms with Crippen molar-refractivity contribution in [2.45, 2.75) is 19.3 Å². The molecule has 0 aromatic heterocycles. The van der Waals surface area contributed by atoms with Crippen molar-refractivity contribution in [3.8, 4) is 0 Å².